The minimum absolute atomic E-state index is 0.786. The quantitative estimate of drug-likeness (QED) is 0.893. The van der Waals surface area contributed by atoms with Gasteiger partial charge in [-0.3, -0.25) is 9.80 Å². The van der Waals surface area contributed by atoms with Crippen LogP contribution in [-0.2, 0) is 13.1 Å². The molecule has 0 amide bonds. The summed E-state index contributed by atoms with van der Waals surface area (Å²) in [5, 5.41) is 3.31. The molecule has 0 saturated carbocycles. The minimum atomic E-state index is 0.786. The molecule has 0 aliphatic carbocycles. The Hall–Kier alpha value is -0.840. The van der Waals surface area contributed by atoms with Crippen LogP contribution >= 0.6 is 0 Å². The highest BCUT2D eigenvalue weighted by atomic mass is 16.3. The molecule has 0 aromatic carbocycles. The van der Waals surface area contributed by atoms with Crippen LogP contribution in [0.15, 0.2) is 16.5 Å². The Morgan fingerprint density at radius 2 is 2.05 bits per heavy atom. The van der Waals surface area contributed by atoms with Crippen LogP contribution in [0.5, 0.6) is 0 Å². The normalized spacial score (nSPS) is 24.8. The van der Waals surface area contributed by atoms with Crippen molar-refractivity contribution in [3.8, 4) is 0 Å². The number of hydrogen-bond acceptors (Lipinski definition) is 4. The molecule has 2 aliphatic heterocycles. The number of nitrogens with one attached hydrogen (secondary N) is 1. The van der Waals surface area contributed by atoms with Crippen LogP contribution in [0.1, 0.15) is 37.7 Å². The molecule has 1 aromatic rings. The van der Waals surface area contributed by atoms with E-state index in [1.807, 2.05) is 0 Å². The Bertz CT molecular complexity index is 418. The van der Waals surface area contributed by atoms with E-state index >= 15 is 0 Å². The Morgan fingerprint density at radius 1 is 1.20 bits per heavy atom. The van der Waals surface area contributed by atoms with Crippen molar-refractivity contribution in [2.75, 3.05) is 32.7 Å². The van der Waals surface area contributed by atoms with Crippen molar-refractivity contribution in [3.05, 3.63) is 23.7 Å². The third-order valence-electron chi connectivity index (χ3n) is 4.53. The maximum absolute atomic E-state index is 5.92. The van der Waals surface area contributed by atoms with Gasteiger partial charge in [-0.15, -0.1) is 0 Å². The lowest BCUT2D eigenvalue weighted by Gasteiger charge is -2.24. The molecule has 0 bridgehead atoms. The molecule has 0 spiro atoms. The van der Waals surface area contributed by atoms with Gasteiger partial charge >= 0.3 is 0 Å². The molecular weight excluding hydrogens is 250 g/mol. The van der Waals surface area contributed by atoms with Gasteiger partial charge in [0, 0.05) is 12.6 Å². The monoisotopic (exact) mass is 277 g/mol. The average Bonchev–Trinajstić information content (AvgIpc) is 3.03. The number of furan rings is 1. The number of fused-ring (bicyclic) bond motifs is 1. The summed E-state index contributed by atoms with van der Waals surface area (Å²) in [4.78, 5) is 5.25. The third-order valence-corrected chi connectivity index (χ3v) is 4.53. The predicted octanol–water partition coefficient (Wildman–Crippen LogP) is 2.06. The fraction of sp³-hybridized carbons (Fsp3) is 0.750. The zero-order valence-electron chi connectivity index (χ0n) is 12.6. The Labute approximate surface area is 122 Å². The molecule has 1 aromatic heterocycles. The molecular formula is C16H27N3O. The van der Waals surface area contributed by atoms with Crippen LogP contribution < -0.4 is 5.32 Å². The predicted molar refractivity (Wildman–Crippen MR) is 80.6 cm³/mol. The molecule has 1 atom stereocenters. The topological polar surface area (TPSA) is 31.6 Å². The second-order valence-electron chi connectivity index (χ2n) is 6.07. The first-order chi connectivity index (χ1) is 9.85. The number of hydrogen-bond donors (Lipinski definition) is 1. The van der Waals surface area contributed by atoms with E-state index in [9.17, 15) is 0 Å². The first-order valence-corrected chi connectivity index (χ1v) is 8.10. The van der Waals surface area contributed by atoms with Crippen molar-refractivity contribution >= 4 is 0 Å². The molecule has 2 saturated heterocycles. The number of rotatable bonds is 5. The van der Waals surface area contributed by atoms with Gasteiger partial charge in [0.1, 0.15) is 11.5 Å². The van der Waals surface area contributed by atoms with Crippen LogP contribution in [0, 0.1) is 0 Å². The summed E-state index contributed by atoms with van der Waals surface area (Å²) in [6.07, 6.45) is 4.05. The summed E-state index contributed by atoms with van der Waals surface area (Å²) in [5.41, 5.74) is 0. The molecule has 112 valence electrons. The van der Waals surface area contributed by atoms with Gasteiger partial charge in [0.25, 0.3) is 0 Å². The van der Waals surface area contributed by atoms with Crippen molar-refractivity contribution in [3.63, 3.8) is 0 Å². The fourth-order valence-electron chi connectivity index (χ4n) is 3.50. The maximum Gasteiger partial charge on any atom is 0.118 e. The fourth-order valence-corrected chi connectivity index (χ4v) is 3.50. The number of nitrogens with zero attached hydrogens (tertiary/aromatic N) is 2. The Kier molecular flexibility index (Phi) is 4.76. The van der Waals surface area contributed by atoms with Crippen LogP contribution in [0.4, 0.5) is 0 Å². The molecule has 1 N–H and O–H groups in total. The summed E-state index contributed by atoms with van der Waals surface area (Å²) >= 11 is 0. The SMILES string of the molecule is CCNCc1ccc(CN2CCCN3CCCC3C2)o1. The highest BCUT2D eigenvalue weighted by molar-refractivity contribution is 5.07. The van der Waals surface area contributed by atoms with E-state index in [1.54, 1.807) is 0 Å². The van der Waals surface area contributed by atoms with Gasteiger partial charge in [-0.1, -0.05) is 6.92 Å². The highest BCUT2D eigenvalue weighted by Gasteiger charge is 2.28. The molecule has 2 fully saturated rings. The Balaban J connectivity index is 1.55. The van der Waals surface area contributed by atoms with E-state index in [4.69, 9.17) is 4.42 Å². The van der Waals surface area contributed by atoms with E-state index in [1.165, 1.54) is 45.4 Å². The van der Waals surface area contributed by atoms with Crippen molar-refractivity contribution < 1.29 is 4.42 Å². The van der Waals surface area contributed by atoms with Crippen molar-refractivity contribution in [1.29, 1.82) is 0 Å². The van der Waals surface area contributed by atoms with Crippen LogP contribution in [0.25, 0.3) is 0 Å². The van der Waals surface area contributed by atoms with E-state index < -0.39 is 0 Å². The highest BCUT2D eigenvalue weighted by Crippen LogP contribution is 2.22. The molecule has 1 unspecified atom stereocenters. The van der Waals surface area contributed by atoms with Gasteiger partial charge in [-0.25, -0.2) is 0 Å². The lowest BCUT2D eigenvalue weighted by atomic mass is 10.2. The van der Waals surface area contributed by atoms with Gasteiger partial charge in [-0.05, 0) is 57.6 Å². The van der Waals surface area contributed by atoms with Crippen LogP contribution in [0.2, 0.25) is 0 Å². The van der Waals surface area contributed by atoms with Gasteiger partial charge in [0.05, 0.1) is 13.1 Å². The smallest absolute Gasteiger partial charge is 0.118 e. The summed E-state index contributed by atoms with van der Waals surface area (Å²) in [5.74, 6) is 2.17. The second-order valence-corrected chi connectivity index (χ2v) is 6.07. The maximum atomic E-state index is 5.92. The summed E-state index contributed by atoms with van der Waals surface area (Å²) in [7, 11) is 0. The van der Waals surface area contributed by atoms with E-state index in [0.29, 0.717) is 0 Å². The van der Waals surface area contributed by atoms with Crippen molar-refractivity contribution in [2.45, 2.75) is 45.3 Å². The first kappa shape index (κ1) is 14.1. The van der Waals surface area contributed by atoms with Crippen LogP contribution in [0.3, 0.4) is 0 Å². The van der Waals surface area contributed by atoms with Crippen LogP contribution in [-0.4, -0.2) is 48.6 Å². The largest absolute Gasteiger partial charge is 0.463 e. The summed E-state index contributed by atoms with van der Waals surface area (Å²) in [6, 6.07) is 5.04. The van der Waals surface area contributed by atoms with Gasteiger partial charge in [-0.2, -0.15) is 0 Å². The van der Waals surface area contributed by atoms with Gasteiger partial charge < -0.3 is 9.73 Å². The first-order valence-electron chi connectivity index (χ1n) is 8.10. The second kappa shape index (κ2) is 6.74. The van der Waals surface area contributed by atoms with E-state index in [0.717, 1.165) is 37.2 Å². The lowest BCUT2D eigenvalue weighted by molar-refractivity contribution is 0.204. The average molecular weight is 277 g/mol. The molecule has 4 nitrogen and oxygen atoms in total. The van der Waals surface area contributed by atoms with Crippen molar-refractivity contribution in [2.24, 2.45) is 0 Å². The third kappa shape index (κ3) is 3.43. The molecule has 3 heterocycles. The Morgan fingerprint density at radius 3 is 2.95 bits per heavy atom. The van der Waals surface area contributed by atoms with E-state index in [2.05, 4.69) is 34.2 Å². The molecule has 3 rings (SSSR count). The lowest BCUT2D eigenvalue weighted by Crippen LogP contribution is -2.36. The molecule has 20 heavy (non-hydrogen) atoms. The molecule has 0 radical (unpaired) electrons. The van der Waals surface area contributed by atoms with E-state index in [-0.39, 0.29) is 0 Å². The standard InChI is InChI=1S/C16H27N3O/c1-2-17-11-15-6-7-16(20-15)13-18-8-4-10-19-9-3-5-14(19)12-18/h6-7,14,17H,2-5,8-13H2,1H3. The molecule has 4 heteroatoms. The zero-order chi connectivity index (χ0) is 13.8. The zero-order valence-corrected chi connectivity index (χ0v) is 12.6. The molecule has 2 aliphatic rings. The van der Waals surface area contributed by atoms with Gasteiger partial charge in [0.2, 0.25) is 0 Å². The van der Waals surface area contributed by atoms with Crippen molar-refractivity contribution in [1.82, 2.24) is 15.1 Å². The minimum Gasteiger partial charge on any atom is -0.463 e. The van der Waals surface area contributed by atoms with Gasteiger partial charge in [0.15, 0.2) is 0 Å². The summed E-state index contributed by atoms with van der Waals surface area (Å²) in [6.45, 7) is 9.92. The summed E-state index contributed by atoms with van der Waals surface area (Å²) < 4.78 is 5.92.